The van der Waals surface area contributed by atoms with Gasteiger partial charge in [-0.2, -0.15) is 4.99 Å². The monoisotopic (exact) mass is 357 g/mol. The molecule has 2 amide bonds. The van der Waals surface area contributed by atoms with Gasteiger partial charge in [0.1, 0.15) is 11.8 Å². The molecule has 138 valence electrons. The Bertz CT molecular complexity index is 720. The fourth-order valence-corrected chi connectivity index (χ4v) is 3.36. The highest BCUT2D eigenvalue weighted by Crippen LogP contribution is 2.20. The lowest BCUT2D eigenvalue weighted by atomic mass is 9.96. The summed E-state index contributed by atoms with van der Waals surface area (Å²) in [7, 11) is 0. The molecular formula is C19H23N3O4. The van der Waals surface area contributed by atoms with Crippen LogP contribution in [-0.2, 0) is 19.1 Å². The number of amidine groups is 1. The van der Waals surface area contributed by atoms with Gasteiger partial charge in [0, 0.05) is 25.9 Å². The lowest BCUT2D eigenvalue weighted by Crippen LogP contribution is -2.43. The molecule has 0 aromatic heterocycles. The standard InChI is InChI=1S/C19H23N3O4/c1-2-26-19(25)13-6-5-11-22(12-13)17(23)10-9-16-20-15-8-4-3-7-14(15)18(24)21-16/h3-4,7-8,13-14H,2,5-6,9-12H2,1H3. The van der Waals surface area contributed by atoms with Gasteiger partial charge in [-0.3, -0.25) is 14.4 Å². The van der Waals surface area contributed by atoms with Gasteiger partial charge in [0.15, 0.2) is 0 Å². The lowest BCUT2D eigenvalue weighted by Gasteiger charge is -2.31. The second-order valence-corrected chi connectivity index (χ2v) is 6.56. The van der Waals surface area contributed by atoms with Gasteiger partial charge in [0.05, 0.1) is 18.2 Å². The van der Waals surface area contributed by atoms with E-state index in [2.05, 4.69) is 9.98 Å². The van der Waals surface area contributed by atoms with E-state index in [4.69, 9.17) is 4.74 Å². The number of amides is 2. The van der Waals surface area contributed by atoms with Crippen molar-refractivity contribution in [3.63, 3.8) is 0 Å². The number of carbonyl (C=O) groups excluding carboxylic acids is 3. The molecule has 0 bridgehead atoms. The van der Waals surface area contributed by atoms with Crippen molar-refractivity contribution in [1.82, 2.24) is 4.90 Å². The Morgan fingerprint density at radius 2 is 2.15 bits per heavy atom. The Morgan fingerprint density at radius 1 is 1.31 bits per heavy atom. The van der Waals surface area contributed by atoms with Crippen LogP contribution in [0.25, 0.3) is 0 Å². The molecule has 2 heterocycles. The van der Waals surface area contributed by atoms with Crippen LogP contribution in [0.15, 0.2) is 34.3 Å². The average molecular weight is 357 g/mol. The number of carbonyl (C=O) groups is 3. The maximum absolute atomic E-state index is 12.5. The summed E-state index contributed by atoms with van der Waals surface area (Å²) in [5.74, 6) is -0.766. The van der Waals surface area contributed by atoms with Crippen molar-refractivity contribution >= 4 is 29.3 Å². The summed E-state index contributed by atoms with van der Waals surface area (Å²) in [6.07, 6.45) is 9.29. The molecule has 2 unspecified atom stereocenters. The number of ether oxygens (including phenoxy) is 1. The Balaban J connectivity index is 1.55. The molecule has 0 spiro atoms. The first-order valence-corrected chi connectivity index (χ1v) is 9.07. The van der Waals surface area contributed by atoms with E-state index >= 15 is 0 Å². The number of likely N-dealkylation sites (tertiary alicyclic amines) is 1. The summed E-state index contributed by atoms with van der Waals surface area (Å²) in [5.41, 5.74) is 0.676. The van der Waals surface area contributed by atoms with Gasteiger partial charge in [-0.25, -0.2) is 4.99 Å². The van der Waals surface area contributed by atoms with Crippen LogP contribution in [0.1, 0.15) is 32.6 Å². The van der Waals surface area contributed by atoms with Gasteiger partial charge in [0.2, 0.25) is 5.91 Å². The summed E-state index contributed by atoms with van der Waals surface area (Å²) < 4.78 is 5.06. The molecule has 1 aliphatic carbocycles. The van der Waals surface area contributed by atoms with Crippen molar-refractivity contribution in [2.75, 3.05) is 19.7 Å². The van der Waals surface area contributed by atoms with E-state index in [0.29, 0.717) is 37.7 Å². The molecule has 0 aromatic rings. The van der Waals surface area contributed by atoms with E-state index in [9.17, 15) is 14.4 Å². The number of rotatable bonds is 5. The second-order valence-electron chi connectivity index (χ2n) is 6.56. The van der Waals surface area contributed by atoms with Crippen molar-refractivity contribution in [2.45, 2.75) is 32.6 Å². The Hall–Kier alpha value is -2.57. The van der Waals surface area contributed by atoms with E-state index < -0.39 is 5.92 Å². The van der Waals surface area contributed by atoms with Crippen molar-refractivity contribution in [2.24, 2.45) is 21.8 Å². The average Bonchev–Trinajstić information content (AvgIpc) is 2.66. The van der Waals surface area contributed by atoms with Crippen molar-refractivity contribution in [1.29, 1.82) is 0 Å². The third-order valence-electron chi connectivity index (χ3n) is 4.72. The number of aliphatic imine (C=N–C) groups is 2. The molecular weight excluding hydrogens is 334 g/mol. The number of piperidine rings is 1. The molecule has 3 rings (SSSR count). The first kappa shape index (κ1) is 18.2. The maximum Gasteiger partial charge on any atom is 0.310 e. The van der Waals surface area contributed by atoms with Gasteiger partial charge >= 0.3 is 5.97 Å². The van der Waals surface area contributed by atoms with Crippen LogP contribution < -0.4 is 0 Å². The topological polar surface area (TPSA) is 88.4 Å². The van der Waals surface area contributed by atoms with Gasteiger partial charge < -0.3 is 9.64 Å². The summed E-state index contributed by atoms with van der Waals surface area (Å²) in [4.78, 5) is 46.6. The Morgan fingerprint density at radius 3 is 2.96 bits per heavy atom. The van der Waals surface area contributed by atoms with E-state index in [1.807, 2.05) is 12.2 Å². The third kappa shape index (κ3) is 4.15. The zero-order valence-electron chi connectivity index (χ0n) is 14.9. The highest BCUT2D eigenvalue weighted by molar-refractivity contribution is 6.21. The van der Waals surface area contributed by atoms with Gasteiger partial charge in [-0.1, -0.05) is 18.2 Å². The predicted octanol–water partition coefficient (Wildman–Crippen LogP) is 1.69. The minimum atomic E-state index is -0.396. The summed E-state index contributed by atoms with van der Waals surface area (Å²) in [5, 5.41) is 0. The fourth-order valence-electron chi connectivity index (χ4n) is 3.36. The third-order valence-corrected chi connectivity index (χ3v) is 4.72. The second kappa shape index (κ2) is 8.21. The smallest absolute Gasteiger partial charge is 0.310 e. The number of hydrogen-bond acceptors (Lipinski definition) is 5. The number of hydrogen-bond donors (Lipinski definition) is 0. The van der Waals surface area contributed by atoms with Crippen LogP contribution in [0.2, 0.25) is 0 Å². The number of nitrogens with zero attached hydrogens (tertiary/aromatic N) is 3. The molecule has 0 radical (unpaired) electrons. The van der Waals surface area contributed by atoms with Gasteiger partial charge in [0.25, 0.3) is 5.91 Å². The van der Waals surface area contributed by atoms with Crippen LogP contribution in [0.4, 0.5) is 0 Å². The molecule has 0 saturated carbocycles. The van der Waals surface area contributed by atoms with E-state index in [1.165, 1.54) is 0 Å². The fraction of sp³-hybridized carbons (Fsp3) is 0.526. The van der Waals surface area contributed by atoms with Crippen molar-refractivity contribution in [3.05, 3.63) is 24.3 Å². The molecule has 0 N–H and O–H groups in total. The molecule has 3 aliphatic rings. The minimum Gasteiger partial charge on any atom is -0.466 e. The summed E-state index contributed by atoms with van der Waals surface area (Å²) in [6.45, 7) is 3.17. The minimum absolute atomic E-state index is 0.0458. The quantitative estimate of drug-likeness (QED) is 0.701. The van der Waals surface area contributed by atoms with Gasteiger partial charge in [-0.15, -0.1) is 0 Å². The zero-order chi connectivity index (χ0) is 18.5. The molecule has 2 aliphatic heterocycles. The van der Waals surface area contributed by atoms with Crippen LogP contribution in [0.3, 0.4) is 0 Å². The Kier molecular flexibility index (Phi) is 5.75. The van der Waals surface area contributed by atoms with Crippen LogP contribution in [0.5, 0.6) is 0 Å². The zero-order valence-corrected chi connectivity index (χ0v) is 14.9. The maximum atomic E-state index is 12.5. The Labute approximate surface area is 152 Å². The molecule has 7 nitrogen and oxygen atoms in total. The van der Waals surface area contributed by atoms with Crippen LogP contribution in [-0.4, -0.2) is 53.9 Å². The normalized spacial score (nSPS) is 24.7. The molecule has 1 fully saturated rings. The SMILES string of the molecule is CCOC(=O)C1CCCN(C(=O)CCC2=NC(=O)C3C=CC=CC3=N2)C1. The molecule has 2 atom stereocenters. The van der Waals surface area contributed by atoms with E-state index in [-0.39, 0.29) is 30.1 Å². The van der Waals surface area contributed by atoms with E-state index in [1.54, 1.807) is 24.0 Å². The number of fused-ring (bicyclic) bond motifs is 1. The number of allylic oxidation sites excluding steroid dienone is 3. The summed E-state index contributed by atoms with van der Waals surface area (Å²) in [6, 6.07) is 0. The van der Waals surface area contributed by atoms with Crippen molar-refractivity contribution in [3.8, 4) is 0 Å². The molecule has 1 saturated heterocycles. The molecule has 26 heavy (non-hydrogen) atoms. The van der Waals surface area contributed by atoms with Crippen LogP contribution in [0, 0.1) is 11.8 Å². The first-order valence-electron chi connectivity index (χ1n) is 9.07. The largest absolute Gasteiger partial charge is 0.466 e. The molecule has 7 heteroatoms. The predicted molar refractivity (Wildman–Crippen MR) is 96.8 cm³/mol. The van der Waals surface area contributed by atoms with Crippen molar-refractivity contribution < 1.29 is 19.1 Å². The van der Waals surface area contributed by atoms with E-state index in [0.717, 1.165) is 12.8 Å². The lowest BCUT2D eigenvalue weighted by molar-refractivity contribution is -0.151. The highest BCUT2D eigenvalue weighted by atomic mass is 16.5. The number of esters is 1. The molecule has 0 aromatic carbocycles. The van der Waals surface area contributed by atoms with Crippen LogP contribution >= 0.6 is 0 Å². The highest BCUT2D eigenvalue weighted by Gasteiger charge is 2.30. The summed E-state index contributed by atoms with van der Waals surface area (Å²) >= 11 is 0. The van der Waals surface area contributed by atoms with Gasteiger partial charge in [-0.05, 0) is 25.8 Å². The first-order chi connectivity index (χ1) is 12.6.